The van der Waals surface area contributed by atoms with Gasteiger partial charge in [-0.05, 0) is 30.2 Å². The van der Waals surface area contributed by atoms with Crippen LogP contribution in [0.2, 0.25) is 0 Å². The zero-order valence-electron chi connectivity index (χ0n) is 14.0. The predicted molar refractivity (Wildman–Crippen MR) is 91.9 cm³/mol. The second-order valence-corrected chi connectivity index (χ2v) is 6.06. The molecule has 0 radical (unpaired) electrons. The summed E-state index contributed by atoms with van der Waals surface area (Å²) < 4.78 is 10.5. The minimum absolute atomic E-state index is 0.173. The molecule has 25 heavy (non-hydrogen) atoms. The Bertz CT molecular complexity index is 805. The lowest BCUT2D eigenvalue weighted by Crippen LogP contribution is -2.28. The van der Waals surface area contributed by atoms with Gasteiger partial charge >= 0.3 is 0 Å². The molecule has 0 aliphatic carbocycles. The van der Waals surface area contributed by atoms with Gasteiger partial charge in [0.05, 0.1) is 0 Å². The van der Waals surface area contributed by atoms with Gasteiger partial charge in [-0.25, -0.2) is 0 Å². The molecule has 7 nitrogen and oxygen atoms in total. The Labute approximate surface area is 145 Å². The topological polar surface area (TPSA) is 89.6 Å². The molecule has 3 rings (SSSR count). The van der Waals surface area contributed by atoms with Crippen molar-refractivity contribution in [2.75, 3.05) is 18.7 Å². The number of amides is 2. The van der Waals surface area contributed by atoms with E-state index in [4.69, 9.17) is 9.47 Å². The van der Waals surface area contributed by atoms with Crippen molar-refractivity contribution in [1.82, 2.24) is 10.3 Å². The maximum absolute atomic E-state index is 12.4. The largest absolute Gasteiger partial charge is 0.454 e. The summed E-state index contributed by atoms with van der Waals surface area (Å²) in [5, 5.41) is 5.55. The number of rotatable bonds is 5. The van der Waals surface area contributed by atoms with E-state index in [9.17, 15) is 9.59 Å². The van der Waals surface area contributed by atoms with Crippen molar-refractivity contribution in [1.29, 1.82) is 0 Å². The molecular weight excluding hydrogens is 322 g/mol. The molecule has 0 unspecified atom stereocenters. The van der Waals surface area contributed by atoms with E-state index >= 15 is 0 Å². The number of carbonyl (C=O) groups excluding carboxylic acids is 2. The number of aromatic nitrogens is 1. The number of hydrogen-bond acceptors (Lipinski definition) is 5. The highest BCUT2D eigenvalue weighted by atomic mass is 16.7. The van der Waals surface area contributed by atoms with Crippen molar-refractivity contribution in [3.63, 3.8) is 0 Å². The van der Waals surface area contributed by atoms with Crippen molar-refractivity contribution >= 4 is 17.5 Å². The second kappa shape index (κ2) is 7.21. The molecule has 1 aromatic heterocycles. The number of anilines is 1. The molecule has 7 heteroatoms. The second-order valence-electron chi connectivity index (χ2n) is 6.06. The number of ether oxygens (including phenoxy) is 2. The van der Waals surface area contributed by atoms with E-state index < -0.39 is 0 Å². The van der Waals surface area contributed by atoms with Crippen molar-refractivity contribution in [2.45, 2.75) is 13.8 Å². The molecule has 1 aliphatic heterocycles. The molecule has 0 bridgehead atoms. The Morgan fingerprint density at radius 3 is 2.72 bits per heavy atom. The van der Waals surface area contributed by atoms with Gasteiger partial charge in [-0.1, -0.05) is 13.8 Å². The van der Waals surface area contributed by atoms with Crippen LogP contribution in [-0.2, 0) is 0 Å². The van der Waals surface area contributed by atoms with Crippen LogP contribution in [0, 0.1) is 5.92 Å². The summed E-state index contributed by atoms with van der Waals surface area (Å²) in [6, 6.07) is 8.18. The molecule has 0 atom stereocenters. The highest BCUT2D eigenvalue weighted by molar-refractivity contribution is 6.05. The van der Waals surface area contributed by atoms with Gasteiger partial charge in [0.1, 0.15) is 5.69 Å². The van der Waals surface area contributed by atoms with E-state index in [1.807, 2.05) is 13.8 Å². The highest BCUT2D eigenvalue weighted by Crippen LogP contribution is 2.34. The van der Waals surface area contributed by atoms with Crippen molar-refractivity contribution in [3.05, 3.63) is 47.8 Å². The highest BCUT2D eigenvalue weighted by Gasteiger charge is 2.16. The van der Waals surface area contributed by atoms with Gasteiger partial charge in [0.25, 0.3) is 11.8 Å². The zero-order chi connectivity index (χ0) is 17.8. The molecule has 1 aliphatic rings. The van der Waals surface area contributed by atoms with Gasteiger partial charge in [0, 0.05) is 30.1 Å². The number of hydrogen-bond donors (Lipinski definition) is 2. The molecular formula is C18H19N3O4. The number of fused-ring (bicyclic) bond motifs is 1. The summed E-state index contributed by atoms with van der Waals surface area (Å²) in [5.41, 5.74) is 1.14. The van der Waals surface area contributed by atoms with Crippen LogP contribution in [0.4, 0.5) is 5.69 Å². The average molecular weight is 341 g/mol. The van der Waals surface area contributed by atoms with E-state index in [2.05, 4.69) is 15.6 Å². The normalized spacial score (nSPS) is 12.1. The van der Waals surface area contributed by atoms with Gasteiger partial charge in [-0.2, -0.15) is 0 Å². The first kappa shape index (κ1) is 16.8. The van der Waals surface area contributed by atoms with Crippen LogP contribution >= 0.6 is 0 Å². The Balaban J connectivity index is 1.70. The molecule has 130 valence electrons. The smallest absolute Gasteiger partial charge is 0.269 e. The third-order valence-corrected chi connectivity index (χ3v) is 3.56. The van der Waals surface area contributed by atoms with Crippen molar-refractivity contribution in [3.8, 4) is 11.5 Å². The third-order valence-electron chi connectivity index (χ3n) is 3.56. The van der Waals surface area contributed by atoms with E-state index in [1.165, 1.54) is 12.3 Å². The molecule has 0 saturated carbocycles. The van der Waals surface area contributed by atoms with Crippen LogP contribution in [-0.4, -0.2) is 30.1 Å². The summed E-state index contributed by atoms with van der Waals surface area (Å²) in [5.74, 6) is 0.930. The van der Waals surface area contributed by atoms with Crippen LogP contribution in [0.1, 0.15) is 34.7 Å². The van der Waals surface area contributed by atoms with Crippen LogP contribution in [0.3, 0.4) is 0 Å². The lowest BCUT2D eigenvalue weighted by Gasteiger charge is -2.09. The molecule has 0 saturated heterocycles. The monoisotopic (exact) mass is 341 g/mol. The first-order valence-electron chi connectivity index (χ1n) is 7.98. The SMILES string of the molecule is CC(C)CNC(=O)c1cc(C(=O)Nc2ccc3c(c2)OCO3)ccn1. The lowest BCUT2D eigenvalue weighted by molar-refractivity contribution is 0.0944. The van der Waals surface area contributed by atoms with Gasteiger partial charge < -0.3 is 20.1 Å². The van der Waals surface area contributed by atoms with E-state index in [0.717, 1.165) is 0 Å². The third kappa shape index (κ3) is 4.06. The van der Waals surface area contributed by atoms with Gasteiger partial charge in [0.15, 0.2) is 11.5 Å². The van der Waals surface area contributed by atoms with Crippen LogP contribution < -0.4 is 20.1 Å². The number of carbonyl (C=O) groups is 2. The number of benzene rings is 1. The van der Waals surface area contributed by atoms with Gasteiger partial charge in [-0.15, -0.1) is 0 Å². The van der Waals surface area contributed by atoms with Gasteiger partial charge in [0.2, 0.25) is 6.79 Å². The Kier molecular flexibility index (Phi) is 4.83. The predicted octanol–water partition coefficient (Wildman–Crippen LogP) is 2.45. The summed E-state index contributed by atoms with van der Waals surface area (Å²) in [4.78, 5) is 28.5. The van der Waals surface area contributed by atoms with Crippen LogP contribution in [0.5, 0.6) is 11.5 Å². The standard InChI is InChI=1S/C18H19N3O4/c1-11(2)9-20-18(23)14-7-12(5-6-19-14)17(22)21-13-3-4-15-16(8-13)25-10-24-15/h3-8,11H,9-10H2,1-2H3,(H,20,23)(H,21,22). The molecule has 1 aromatic carbocycles. The summed E-state index contributed by atoms with van der Waals surface area (Å²) >= 11 is 0. The molecule has 0 spiro atoms. The Morgan fingerprint density at radius 2 is 1.92 bits per heavy atom. The molecule has 2 aromatic rings. The average Bonchev–Trinajstić information content (AvgIpc) is 3.07. The quantitative estimate of drug-likeness (QED) is 0.872. The van der Waals surface area contributed by atoms with E-state index in [-0.39, 0.29) is 24.3 Å². The number of nitrogens with one attached hydrogen (secondary N) is 2. The van der Waals surface area contributed by atoms with Gasteiger partial charge in [-0.3, -0.25) is 14.6 Å². The van der Waals surface area contributed by atoms with E-state index in [1.54, 1.807) is 24.3 Å². The summed E-state index contributed by atoms with van der Waals surface area (Å²) in [7, 11) is 0. The molecule has 2 heterocycles. The van der Waals surface area contributed by atoms with Crippen LogP contribution in [0.15, 0.2) is 36.5 Å². The van der Waals surface area contributed by atoms with Crippen molar-refractivity contribution in [2.24, 2.45) is 5.92 Å². The zero-order valence-corrected chi connectivity index (χ0v) is 14.0. The lowest BCUT2D eigenvalue weighted by atomic mass is 10.2. The van der Waals surface area contributed by atoms with Crippen LogP contribution in [0.25, 0.3) is 0 Å². The Morgan fingerprint density at radius 1 is 1.12 bits per heavy atom. The first-order valence-corrected chi connectivity index (χ1v) is 7.98. The molecule has 2 N–H and O–H groups in total. The maximum Gasteiger partial charge on any atom is 0.269 e. The van der Waals surface area contributed by atoms with Crippen molar-refractivity contribution < 1.29 is 19.1 Å². The summed E-state index contributed by atoms with van der Waals surface area (Å²) in [6.45, 7) is 4.73. The minimum atomic E-state index is -0.334. The fraction of sp³-hybridized carbons (Fsp3) is 0.278. The first-order chi connectivity index (χ1) is 12.0. The summed E-state index contributed by atoms with van der Waals surface area (Å²) in [6.07, 6.45) is 1.44. The fourth-order valence-electron chi connectivity index (χ4n) is 2.26. The Hall–Kier alpha value is -3.09. The van der Waals surface area contributed by atoms with E-state index in [0.29, 0.717) is 35.2 Å². The number of nitrogens with zero attached hydrogens (tertiary/aromatic N) is 1. The maximum atomic E-state index is 12.4. The molecule has 0 fully saturated rings. The molecule has 2 amide bonds. The minimum Gasteiger partial charge on any atom is -0.454 e. The fourth-order valence-corrected chi connectivity index (χ4v) is 2.26. The number of pyridine rings is 1.